The molecule has 0 heterocycles. The third-order valence-electron chi connectivity index (χ3n) is 2.85. The smallest absolute Gasteiger partial charge is 0.338 e. The molecule has 0 fully saturated rings. The van der Waals surface area contributed by atoms with Crippen molar-refractivity contribution in [3.8, 4) is 5.75 Å². The van der Waals surface area contributed by atoms with Gasteiger partial charge in [-0.1, -0.05) is 0 Å². The third kappa shape index (κ3) is 7.64. The van der Waals surface area contributed by atoms with E-state index in [4.69, 9.17) is 14.2 Å². The number of methoxy groups -OCH3 is 1. The minimum absolute atomic E-state index is 0.353. The molecule has 0 radical (unpaired) electrons. The van der Waals surface area contributed by atoms with E-state index in [-0.39, 0.29) is 5.97 Å². The van der Waals surface area contributed by atoms with Crippen molar-refractivity contribution < 1.29 is 28.5 Å². The van der Waals surface area contributed by atoms with Gasteiger partial charge >= 0.3 is 5.97 Å². The lowest BCUT2D eigenvalue weighted by Gasteiger charge is -2.07. The normalized spacial score (nSPS) is 10.0. The first kappa shape index (κ1) is 18.0. The fourth-order valence-corrected chi connectivity index (χ4v) is 1.69. The zero-order valence-corrected chi connectivity index (χ0v) is 12.8. The number of carbonyl (C=O) groups excluding carboxylic acids is 2. The van der Waals surface area contributed by atoms with E-state index in [2.05, 4.69) is 4.74 Å². The number of hydrogen-bond donors (Lipinski definition) is 0. The van der Waals surface area contributed by atoms with Gasteiger partial charge in [-0.3, -0.25) is 4.79 Å². The summed E-state index contributed by atoms with van der Waals surface area (Å²) in [6, 6.07) is 6.79. The molecule has 0 spiro atoms. The average molecular weight is 310 g/mol. The zero-order chi connectivity index (χ0) is 16.0. The van der Waals surface area contributed by atoms with Gasteiger partial charge in [-0.05, 0) is 43.5 Å². The number of rotatable bonds is 12. The van der Waals surface area contributed by atoms with E-state index in [0.717, 1.165) is 19.3 Å². The SMILES string of the molecule is COCCOc1ccc(C(=O)OCCCCCOC=O)cc1. The molecule has 0 saturated heterocycles. The van der Waals surface area contributed by atoms with Gasteiger partial charge in [0.15, 0.2) is 0 Å². The first-order chi connectivity index (χ1) is 10.8. The molecule has 0 bridgehead atoms. The molecular formula is C16H22O6. The minimum Gasteiger partial charge on any atom is -0.491 e. The van der Waals surface area contributed by atoms with Crippen molar-refractivity contribution in [1.29, 1.82) is 0 Å². The Kier molecular flexibility index (Phi) is 9.45. The average Bonchev–Trinajstić information content (AvgIpc) is 2.55. The van der Waals surface area contributed by atoms with E-state index in [1.807, 2.05) is 0 Å². The Balaban J connectivity index is 2.20. The number of unbranched alkanes of at least 4 members (excludes halogenated alkanes) is 2. The summed E-state index contributed by atoms with van der Waals surface area (Å²) in [5, 5.41) is 0. The fraction of sp³-hybridized carbons (Fsp3) is 0.500. The topological polar surface area (TPSA) is 71.1 Å². The summed E-state index contributed by atoms with van der Waals surface area (Å²) in [6.45, 7) is 2.17. The van der Waals surface area contributed by atoms with Crippen LogP contribution in [0.2, 0.25) is 0 Å². The molecule has 1 aromatic carbocycles. The first-order valence-electron chi connectivity index (χ1n) is 7.22. The van der Waals surface area contributed by atoms with E-state index in [1.165, 1.54) is 0 Å². The van der Waals surface area contributed by atoms with E-state index in [0.29, 0.717) is 44.2 Å². The van der Waals surface area contributed by atoms with E-state index in [9.17, 15) is 9.59 Å². The molecule has 0 aliphatic heterocycles. The van der Waals surface area contributed by atoms with Gasteiger partial charge in [-0.15, -0.1) is 0 Å². The van der Waals surface area contributed by atoms with Crippen molar-refractivity contribution in [2.45, 2.75) is 19.3 Å². The van der Waals surface area contributed by atoms with Crippen LogP contribution in [-0.2, 0) is 19.0 Å². The van der Waals surface area contributed by atoms with Crippen molar-refractivity contribution >= 4 is 12.4 Å². The molecule has 0 amide bonds. The van der Waals surface area contributed by atoms with Crippen LogP contribution in [0, 0.1) is 0 Å². The Morgan fingerprint density at radius 2 is 1.73 bits per heavy atom. The Bertz CT molecular complexity index is 429. The van der Waals surface area contributed by atoms with E-state index >= 15 is 0 Å². The van der Waals surface area contributed by atoms with Gasteiger partial charge in [0.25, 0.3) is 6.47 Å². The Morgan fingerprint density at radius 1 is 1.00 bits per heavy atom. The second kappa shape index (κ2) is 11.6. The lowest BCUT2D eigenvalue weighted by Crippen LogP contribution is -2.07. The number of ether oxygens (including phenoxy) is 4. The van der Waals surface area contributed by atoms with Crippen molar-refractivity contribution in [3.63, 3.8) is 0 Å². The molecule has 1 aromatic rings. The summed E-state index contributed by atoms with van der Waals surface area (Å²) in [4.78, 5) is 21.7. The molecule has 22 heavy (non-hydrogen) atoms. The number of hydrogen-bond acceptors (Lipinski definition) is 6. The van der Waals surface area contributed by atoms with Crippen LogP contribution >= 0.6 is 0 Å². The monoisotopic (exact) mass is 310 g/mol. The van der Waals surface area contributed by atoms with Crippen LogP contribution in [0.4, 0.5) is 0 Å². The predicted octanol–water partition coefficient (Wildman–Crippen LogP) is 2.21. The first-order valence-corrected chi connectivity index (χ1v) is 7.22. The number of esters is 1. The minimum atomic E-state index is -0.354. The molecule has 6 heteroatoms. The molecule has 0 aliphatic rings. The second-order valence-electron chi connectivity index (χ2n) is 4.53. The maximum absolute atomic E-state index is 11.8. The predicted molar refractivity (Wildman–Crippen MR) is 80.0 cm³/mol. The van der Waals surface area contributed by atoms with Crippen LogP contribution in [0.3, 0.4) is 0 Å². The molecular weight excluding hydrogens is 288 g/mol. The maximum Gasteiger partial charge on any atom is 0.338 e. The van der Waals surface area contributed by atoms with Crippen LogP contribution in [0.1, 0.15) is 29.6 Å². The lowest BCUT2D eigenvalue weighted by molar-refractivity contribution is -0.128. The van der Waals surface area contributed by atoms with Crippen molar-refractivity contribution in [3.05, 3.63) is 29.8 Å². The summed E-state index contributed by atoms with van der Waals surface area (Å²) in [5.41, 5.74) is 0.489. The standard InChI is InChI=1S/C16H22O6/c1-19-11-12-21-15-7-5-14(6-8-15)16(18)22-10-4-2-3-9-20-13-17/h5-8,13H,2-4,9-12H2,1H3. The molecule has 0 aromatic heterocycles. The molecule has 122 valence electrons. The fourth-order valence-electron chi connectivity index (χ4n) is 1.69. The van der Waals surface area contributed by atoms with Crippen LogP contribution in [-0.4, -0.2) is 46.0 Å². The number of benzene rings is 1. The summed E-state index contributed by atoms with van der Waals surface area (Å²) in [7, 11) is 1.61. The molecule has 0 unspecified atom stereocenters. The maximum atomic E-state index is 11.8. The largest absolute Gasteiger partial charge is 0.491 e. The molecule has 0 atom stereocenters. The van der Waals surface area contributed by atoms with Gasteiger partial charge in [0.1, 0.15) is 12.4 Å². The van der Waals surface area contributed by atoms with Crippen molar-refractivity contribution in [1.82, 2.24) is 0 Å². The summed E-state index contributed by atoms with van der Waals surface area (Å²) in [5.74, 6) is 0.330. The Hall–Kier alpha value is -2.08. The van der Waals surface area contributed by atoms with Gasteiger partial charge < -0.3 is 18.9 Å². The highest BCUT2D eigenvalue weighted by Crippen LogP contribution is 2.13. The van der Waals surface area contributed by atoms with Gasteiger partial charge in [0.2, 0.25) is 0 Å². The highest BCUT2D eigenvalue weighted by molar-refractivity contribution is 5.89. The zero-order valence-electron chi connectivity index (χ0n) is 12.8. The summed E-state index contributed by atoms with van der Waals surface area (Å²) < 4.78 is 20.0. The quantitative estimate of drug-likeness (QED) is 0.335. The number of carbonyl (C=O) groups is 2. The second-order valence-corrected chi connectivity index (χ2v) is 4.53. The molecule has 0 aliphatic carbocycles. The molecule has 6 nitrogen and oxygen atoms in total. The third-order valence-corrected chi connectivity index (χ3v) is 2.85. The molecule has 0 saturated carbocycles. The molecule has 1 rings (SSSR count). The summed E-state index contributed by atoms with van der Waals surface area (Å²) in [6.07, 6.45) is 2.35. The molecule has 0 N–H and O–H groups in total. The van der Waals surface area contributed by atoms with Gasteiger partial charge in [-0.2, -0.15) is 0 Å². The summed E-state index contributed by atoms with van der Waals surface area (Å²) >= 11 is 0. The van der Waals surface area contributed by atoms with Crippen molar-refractivity contribution in [2.24, 2.45) is 0 Å². The lowest BCUT2D eigenvalue weighted by atomic mass is 10.2. The van der Waals surface area contributed by atoms with Gasteiger partial charge in [-0.25, -0.2) is 4.79 Å². The van der Waals surface area contributed by atoms with Crippen molar-refractivity contribution in [2.75, 3.05) is 33.5 Å². The van der Waals surface area contributed by atoms with Crippen LogP contribution < -0.4 is 4.74 Å². The van der Waals surface area contributed by atoms with Gasteiger partial charge in [0, 0.05) is 7.11 Å². The van der Waals surface area contributed by atoms with Crippen LogP contribution in [0.5, 0.6) is 5.75 Å². The van der Waals surface area contributed by atoms with Crippen LogP contribution in [0.15, 0.2) is 24.3 Å². The Morgan fingerprint density at radius 3 is 2.41 bits per heavy atom. The highest BCUT2D eigenvalue weighted by atomic mass is 16.5. The Labute approximate surface area is 130 Å². The van der Waals surface area contributed by atoms with E-state index in [1.54, 1.807) is 31.4 Å². The van der Waals surface area contributed by atoms with Crippen LogP contribution in [0.25, 0.3) is 0 Å². The van der Waals surface area contributed by atoms with E-state index < -0.39 is 0 Å². The van der Waals surface area contributed by atoms with Gasteiger partial charge in [0.05, 0.1) is 25.4 Å². The highest BCUT2D eigenvalue weighted by Gasteiger charge is 2.06.